The number of amides is 1. The molecule has 0 heterocycles. The summed E-state index contributed by atoms with van der Waals surface area (Å²) in [5.74, 6) is 0.734. The van der Waals surface area contributed by atoms with Crippen LogP contribution in [0.3, 0.4) is 0 Å². The molecule has 1 amide bonds. The average Bonchev–Trinajstić information content (AvgIpc) is 2.72. The number of halogens is 1. The zero-order valence-electron chi connectivity index (χ0n) is 17.1. The number of carbonyl (C=O) groups excluding carboxylic acids is 1. The van der Waals surface area contributed by atoms with Crippen LogP contribution in [-0.4, -0.2) is 39.1 Å². The van der Waals surface area contributed by atoms with Gasteiger partial charge in [0, 0.05) is 43.2 Å². The number of nitrogens with one attached hydrogen (secondary N) is 3. The topological polar surface area (TPSA) is 65.5 Å². The van der Waals surface area contributed by atoms with Crippen LogP contribution in [0.1, 0.15) is 40.7 Å². The number of benzene rings is 2. The van der Waals surface area contributed by atoms with Crippen molar-refractivity contribution < 1.29 is 4.79 Å². The summed E-state index contributed by atoms with van der Waals surface area (Å²) in [6.07, 6.45) is 4.40. The Bertz CT molecular complexity index is 859. The quantitative estimate of drug-likeness (QED) is 0.481. The molecule has 2 aromatic carbocycles. The van der Waals surface area contributed by atoms with Crippen LogP contribution in [0, 0.1) is 0 Å². The lowest BCUT2D eigenvalue weighted by atomic mass is 9.64. The maximum absolute atomic E-state index is 11.8. The van der Waals surface area contributed by atoms with Crippen LogP contribution in [-0.2, 0) is 11.8 Å². The molecule has 0 radical (unpaired) electrons. The molecule has 0 atom stereocenters. The van der Waals surface area contributed by atoms with Crippen LogP contribution >= 0.6 is 11.6 Å². The highest BCUT2D eigenvalue weighted by atomic mass is 35.5. The predicted molar refractivity (Wildman–Crippen MR) is 120 cm³/mol. The zero-order chi connectivity index (χ0) is 20.7. The van der Waals surface area contributed by atoms with E-state index in [2.05, 4.69) is 33.1 Å². The highest BCUT2D eigenvalue weighted by Crippen LogP contribution is 2.43. The van der Waals surface area contributed by atoms with Gasteiger partial charge < -0.3 is 16.0 Å². The Kier molecular flexibility index (Phi) is 7.15. The first-order chi connectivity index (χ1) is 14.1. The van der Waals surface area contributed by atoms with E-state index in [0.29, 0.717) is 5.56 Å². The molecular formula is C23H29ClN4O. The smallest absolute Gasteiger partial charge is 0.251 e. The van der Waals surface area contributed by atoms with Gasteiger partial charge in [-0.1, -0.05) is 42.3 Å². The molecular weight excluding hydrogens is 384 g/mol. The van der Waals surface area contributed by atoms with Gasteiger partial charge in [0.05, 0.1) is 0 Å². The van der Waals surface area contributed by atoms with E-state index in [1.165, 1.54) is 24.8 Å². The molecule has 0 spiro atoms. The lowest BCUT2D eigenvalue weighted by Crippen LogP contribution is -2.49. The van der Waals surface area contributed by atoms with Gasteiger partial charge in [0.1, 0.15) is 0 Å². The van der Waals surface area contributed by atoms with Gasteiger partial charge in [-0.3, -0.25) is 9.79 Å². The van der Waals surface area contributed by atoms with Gasteiger partial charge >= 0.3 is 0 Å². The normalized spacial score (nSPS) is 15.3. The number of hydrogen-bond donors (Lipinski definition) is 3. The summed E-state index contributed by atoms with van der Waals surface area (Å²) >= 11 is 6.05. The van der Waals surface area contributed by atoms with E-state index in [1.54, 1.807) is 14.1 Å². The molecule has 0 bridgehead atoms. The van der Waals surface area contributed by atoms with Crippen molar-refractivity contribution in [2.45, 2.75) is 31.1 Å². The number of rotatable bonds is 7. The van der Waals surface area contributed by atoms with Crippen LogP contribution < -0.4 is 16.0 Å². The Balaban J connectivity index is 1.52. The van der Waals surface area contributed by atoms with E-state index < -0.39 is 0 Å². The first-order valence-electron chi connectivity index (χ1n) is 10.1. The first-order valence-corrected chi connectivity index (χ1v) is 10.5. The lowest BCUT2D eigenvalue weighted by molar-refractivity contribution is 0.0963. The van der Waals surface area contributed by atoms with Crippen molar-refractivity contribution in [2.75, 3.05) is 27.2 Å². The van der Waals surface area contributed by atoms with Crippen molar-refractivity contribution >= 4 is 23.5 Å². The third kappa shape index (κ3) is 5.30. The van der Waals surface area contributed by atoms with Gasteiger partial charge in [0.15, 0.2) is 5.96 Å². The monoisotopic (exact) mass is 412 g/mol. The molecule has 1 aliphatic rings. The molecule has 0 aliphatic heterocycles. The van der Waals surface area contributed by atoms with Crippen molar-refractivity contribution in [3.05, 3.63) is 70.2 Å². The second-order valence-corrected chi connectivity index (χ2v) is 7.96. The lowest BCUT2D eigenvalue weighted by Gasteiger charge is -2.43. The molecule has 5 nitrogen and oxygen atoms in total. The summed E-state index contributed by atoms with van der Waals surface area (Å²) in [5, 5.41) is 10.3. The van der Waals surface area contributed by atoms with Gasteiger partial charge in [-0.2, -0.15) is 0 Å². The Morgan fingerprint density at radius 2 is 1.90 bits per heavy atom. The van der Waals surface area contributed by atoms with Crippen molar-refractivity contribution in [1.29, 1.82) is 0 Å². The van der Waals surface area contributed by atoms with E-state index in [9.17, 15) is 4.79 Å². The summed E-state index contributed by atoms with van der Waals surface area (Å²) in [5.41, 5.74) is 3.29. The Morgan fingerprint density at radius 1 is 1.14 bits per heavy atom. The average molecular weight is 413 g/mol. The third-order valence-electron chi connectivity index (χ3n) is 5.71. The largest absolute Gasteiger partial charge is 0.356 e. The van der Waals surface area contributed by atoms with Gasteiger partial charge in [-0.25, -0.2) is 0 Å². The summed E-state index contributed by atoms with van der Waals surface area (Å²) in [7, 11) is 3.43. The molecule has 3 rings (SSSR count). The molecule has 29 heavy (non-hydrogen) atoms. The van der Waals surface area contributed by atoms with Crippen molar-refractivity contribution in [3.8, 4) is 0 Å². The first kappa shape index (κ1) is 21.2. The molecule has 2 aromatic rings. The van der Waals surface area contributed by atoms with Crippen molar-refractivity contribution in [3.63, 3.8) is 0 Å². The van der Waals surface area contributed by atoms with Crippen LogP contribution in [0.15, 0.2) is 53.5 Å². The number of carbonyl (C=O) groups is 1. The fourth-order valence-electron chi connectivity index (χ4n) is 3.79. The number of aliphatic imine (C=N–C) groups is 1. The fourth-order valence-corrected chi connectivity index (χ4v) is 3.91. The van der Waals surface area contributed by atoms with E-state index in [-0.39, 0.29) is 11.3 Å². The van der Waals surface area contributed by atoms with Gasteiger partial charge in [-0.05, 0) is 54.7 Å². The summed E-state index contributed by atoms with van der Waals surface area (Å²) in [6.45, 7) is 1.59. The van der Waals surface area contributed by atoms with Gasteiger partial charge in [0.2, 0.25) is 0 Å². The van der Waals surface area contributed by atoms with Crippen LogP contribution in [0.2, 0.25) is 5.02 Å². The minimum atomic E-state index is -0.0646. The molecule has 0 unspecified atom stereocenters. The standard InChI is InChI=1S/C23H29ClN4O/c1-25-21(29)18-6-3-5-17(15-18)11-14-27-22(26-2)28-16-23(12-4-13-23)19-7-9-20(24)10-8-19/h3,5-10,15H,4,11-14,16H2,1-2H3,(H,25,29)(H2,26,27,28). The number of nitrogens with zero attached hydrogens (tertiary/aromatic N) is 1. The molecule has 1 aliphatic carbocycles. The molecule has 6 heteroatoms. The molecule has 1 fully saturated rings. The van der Waals surface area contributed by atoms with E-state index in [4.69, 9.17) is 11.6 Å². The summed E-state index contributed by atoms with van der Waals surface area (Å²) in [6, 6.07) is 15.9. The summed E-state index contributed by atoms with van der Waals surface area (Å²) < 4.78 is 0. The number of guanidine groups is 1. The zero-order valence-corrected chi connectivity index (χ0v) is 17.9. The molecule has 0 aromatic heterocycles. The van der Waals surface area contributed by atoms with Crippen molar-refractivity contribution in [2.24, 2.45) is 4.99 Å². The van der Waals surface area contributed by atoms with Gasteiger partial charge in [0.25, 0.3) is 5.91 Å². The molecule has 3 N–H and O–H groups in total. The van der Waals surface area contributed by atoms with Crippen LogP contribution in [0.4, 0.5) is 0 Å². The molecule has 154 valence electrons. The second kappa shape index (κ2) is 9.79. The minimum Gasteiger partial charge on any atom is -0.356 e. The van der Waals surface area contributed by atoms with Crippen molar-refractivity contribution in [1.82, 2.24) is 16.0 Å². The van der Waals surface area contributed by atoms with E-state index >= 15 is 0 Å². The number of hydrogen-bond acceptors (Lipinski definition) is 2. The van der Waals surface area contributed by atoms with Crippen LogP contribution in [0.25, 0.3) is 0 Å². The van der Waals surface area contributed by atoms with Crippen LogP contribution in [0.5, 0.6) is 0 Å². The minimum absolute atomic E-state index is 0.0646. The maximum Gasteiger partial charge on any atom is 0.251 e. The predicted octanol–water partition coefficient (Wildman–Crippen LogP) is 3.53. The molecule has 0 saturated heterocycles. The SMILES string of the molecule is CN=C(NCCc1cccc(C(=O)NC)c1)NCC1(c2ccc(Cl)cc2)CCC1. The highest BCUT2D eigenvalue weighted by Gasteiger charge is 2.38. The van der Waals surface area contributed by atoms with Gasteiger partial charge in [-0.15, -0.1) is 0 Å². The van der Waals surface area contributed by atoms with E-state index in [1.807, 2.05) is 36.4 Å². The maximum atomic E-state index is 11.8. The fraction of sp³-hybridized carbons (Fsp3) is 0.391. The summed E-state index contributed by atoms with van der Waals surface area (Å²) in [4.78, 5) is 16.1. The molecule has 1 saturated carbocycles. The Hall–Kier alpha value is -2.53. The Labute approximate surface area is 178 Å². The second-order valence-electron chi connectivity index (χ2n) is 7.52. The highest BCUT2D eigenvalue weighted by molar-refractivity contribution is 6.30. The third-order valence-corrected chi connectivity index (χ3v) is 5.96. The van der Waals surface area contributed by atoms with E-state index in [0.717, 1.165) is 36.1 Å². The Morgan fingerprint density at radius 3 is 2.52 bits per heavy atom.